The number of nitro benzene ring substituents is 1. The SMILES string of the molecule is COc1ccc(Cl)cc1N(CC(=O)N(Cc1cccc(C)c1)[C@H](Cc1ccccc1)C(=O)NC1CCCCC1)S(=O)(=O)c1ccc(C)c([N+](=O)[O-])c1. The molecule has 4 aromatic rings. The molecule has 2 amide bonds. The van der Waals surface area contributed by atoms with E-state index >= 15 is 0 Å². The molecule has 0 heterocycles. The highest BCUT2D eigenvalue weighted by atomic mass is 35.5. The third-order valence-corrected chi connectivity index (χ3v) is 11.3. The van der Waals surface area contributed by atoms with Crippen LogP contribution in [0.25, 0.3) is 0 Å². The van der Waals surface area contributed by atoms with E-state index in [1.807, 2.05) is 61.5 Å². The van der Waals surface area contributed by atoms with Gasteiger partial charge in [0.05, 0.1) is 22.6 Å². The van der Waals surface area contributed by atoms with Gasteiger partial charge in [-0.1, -0.05) is 97.1 Å². The van der Waals surface area contributed by atoms with E-state index in [1.165, 1.54) is 49.3 Å². The van der Waals surface area contributed by atoms with Crippen LogP contribution in [0.2, 0.25) is 5.02 Å². The molecule has 0 radical (unpaired) electrons. The highest BCUT2D eigenvalue weighted by Crippen LogP contribution is 2.36. The van der Waals surface area contributed by atoms with Crippen LogP contribution < -0.4 is 14.4 Å². The van der Waals surface area contributed by atoms with E-state index in [9.17, 15) is 28.1 Å². The minimum atomic E-state index is -4.67. The second-order valence-electron chi connectivity index (χ2n) is 13.1. The topological polar surface area (TPSA) is 139 Å². The van der Waals surface area contributed by atoms with E-state index in [-0.39, 0.29) is 46.9 Å². The molecule has 11 nitrogen and oxygen atoms in total. The molecule has 0 saturated heterocycles. The summed E-state index contributed by atoms with van der Waals surface area (Å²) in [6.45, 7) is 2.67. The van der Waals surface area contributed by atoms with Gasteiger partial charge in [-0.15, -0.1) is 0 Å². The van der Waals surface area contributed by atoms with E-state index in [1.54, 1.807) is 0 Å². The van der Waals surface area contributed by atoms with Gasteiger partial charge in [0.25, 0.3) is 15.7 Å². The van der Waals surface area contributed by atoms with Gasteiger partial charge >= 0.3 is 0 Å². The lowest BCUT2D eigenvalue weighted by Gasteiger charge is -2.35. The number of anilines is 1. The number of aryl methyl sites for hydroxylation is 2. The maximum absolute atomic E-state index is 14.9. The Morgan fingerprint density at radius 2 is 1.65 bits per heavy atom. The van der Waals surface area contributed by atoms with Crippen LogP contribution >= 0.6 is 11.6 Å². The Morgan fingerprint density at radius 1 is 0.942 bits per heavy atom. The van der Waals surface area contributed by atoms with Crippen molar-refractivity contribution in [3.05, 3.63) is 128 Å². The van der Waals surface area contributed by atoms with Crippen LogP contribution in [0.4, 0.5) is 11.4 Å². The van der Waals surface area contributed by atoms with Crippen LogP contribution in [0.1, 0.15) is 54.4 Å². The summed E-state index contributed by atoms with van der Waals surface area (Å²) in [5.41, 5.74) is 2.35. The molecule has 1 fully saturated rings. The molecule has 52 heavy (non-hydrogen) atoms. The monoisotopic (exact) mass is 746 g/mol. The standard InChI is InChI=1S/C39H43ClN4O7S/c1-27-11-10-14-30(21-27)25-42(36(22-29-12-6-4-7-13-29)39(46)41-32-15-8-5-9-16-32)38(45)26-43(35-23-31(40)18-20-37(35)51-3)52(49,50)33-19-17-28(2)34(24-33)44(47)48/h4,6-7,10-14,17-21,23-24,32,36H,5,8-9,15-16,22,25-26H2,1-3H3,(H,41,46)/t36-/m1/s1. The molecule has 1 aliphatic carbocycles. The number of hydrogen-bond donors (Lipinski definition) is 1. The normalized spacial score (nSPS) is 13.9. The average Bonchev–Trinajstić information content (AvgIpc) is 3.12. The first kappa shape index (κ1) is 38.3. The first-order valence-electron chi connectivity index (χ1n) is 17.2. The summed E-state index contributed by atoms with van der Waals surface area (Å²) >= 11 is 6.38. The molecule has 0 aromatic heterocycles. The van der Waals surface area contributed by atoms with Crippen LogP contribution in [0.5, 0.6) is 5.75 Å². The Morgan fingerprint density at radius 3 is 2.33 bits per heavy atom. The number of methoxy groups -OCH3 is 1. The van der Waals surface area contributed by atoms with Crippen LogP contribution in [0.15, 0.2) is 95.9 Å². The summed E-state index contributed by atoms with van der Waals surface area (Å²) in [5.74, 6) is -0.905. The third-order valence-electron chi connectivity index (χ3n) is 9.31. The van der Waals surface area contributed by atoms with Crippen molar-refractivity contribution in [2.45, 2.75) is 75.9 Å². The molecule has 0 bridgehead atoms. The molecule has 4 aromatic carbocycles. The number of nitrogens with zero attached hydrogens (tertiary/aromatic N) is 3. The Balaban J connectivity index is 1.63. The highest BCUT2D eigenvalue weighted by molar-refractivity contribution is 7.92. The molecule has 0 spiro atoms. The second-order valence-corrected chi connectivity index (χ2v) is 15.4. The smallest absolute Gasteiger partial charge is 0.273 e. The number of hydrogen-bond acceptors (Lipinski definition) is 7. The number of ether oxygens (including phenoxy) is 1. The Labute approximate surface area is 309 Å². The predicted molar refractivity (Wildman–Crippen MR) is 201 cm³/mol. The number of carbonyl (C=O) groups is 2. The maximum atomic E-state index is 14.9. The summed E-state index contributed by atoms with van der Waals surface area (Å²) in [4.78, 5) is 41.4. The van der Waals surface area contributed by atoms with E-state index in [0.29, 0.717) is 0 Å². The fourth-order valence-corrected chi connectivity index (χ4v) is 8.15. The van der Waals surface area contributed by atoms with E-state index < -0.39 is 44.0 Å². The number of sulfonamides is 1. The predicted octanol–water partition coefficient (Wildman–Crippen LogP) is 7.16. The van der Waals surface area contributed by atoms with Gasteiger partial charge in [-0.05, 0) is 62.1 Å². The third kappa shape index (κ3) is 9.29. The number of nitrogens with one attached hydrogen (secondary N) is 1. The Kier molecular flexibility index (Phi) is 12.6. The molecule has 1 saturated carbocycles. The van der Waals surface area contributed by atoms with Crippen molar-refractivity contribution in [3.8, 4) is 5.75 Å². The number of amides is 2. The fraction of sp³-hybridized carbons (Fsp3) is 0.333. The molecule has 1 aliphatic rings. The quantitative estimate of drug-likeness (QED) is 0.107. The van der Waals surface area contributed by atoms with Crippen molar-refractivity contribution < 1.29 is 27.7 Å². The van der Waals surface area contributed by atoms with Crippen molar-refractivity contribution in [1.29, 1.82) is 0 Å². The Hall–Kier alpha value is -4.94. The summed E-state index contributed by atoms with van der Waals surface area (Å²) < 4.78 is 35.5. The van der Waals surface area contributed by atoms with Crippen molar-refractivity contribution in [1.82, 2.24) is 10.2 Å². The summed E-state index contributed by atoms with van der Waals surface area (Å²) in [6.07, 6.45) is 4.92. The zero-order chi connectivity index (χ0) is 37.4. The van der Waals surface area contributed by atoms with E-state index in [2.05, 4.69) is 5.32 Å². The first-order valence-corrected chi connectivity index (χ1v) is 19.0. The van der Waals surface area contributed by atoms with Crippen LogP contribution in [-0.2, 0) is 32.6 Å². The van der Waals surface area contributed by atoms with Gasteiger partial charge in [-0.25, -0.2) is 8.42 Å². The van der Waals surface area contributed by atoms with E-state index in [4.69, 9.17) is 16.3 Å². The second kappa shape index (κ2) is 17.1. The molecule has 274 valence electrons. The van der Waals surface area contributed by atoms with Crippen LogP contribution in [0.3, 0.4) is 0 Å². The van der Waals surface area contributed by atoms with Crippen molar-refractivity contribution in [2.75, 3.05) is 18.0 Å². The average molecular weight is 747 g/mol. The fourth-order valence-electron chi connectivity index (χ4n) is 6.55. The van der Waals surface area contributed by atoms with Crippen molar-refractivity contribution in [3.63, 3.8) is 0 Å². The molecule has 0 unspecified atom stereocenters. The number of halogens is 1. The van der Waals surface area contributed by atoms with Gasteiger partial charge in [0.2, 0.25) is 11.8 Å². The van der Waals surface area contributed by atoms with E-state index in [0.717, 1.165) is 59.2 Å². The molecule has 0 aliphatic heterocycles. The minimum absolute atomic E-state index is 0.00662. The molecule has 1 N–H and O–H groups in total. The lowest BCUT2D eigenvalue weighted by Crippen LogP contribution is -2.55. The molecule has 13 heteroatoms. The van der Waals surface area contributed by atoms with Crippen molar-refractivity contribution in [2.24, 2.45) is 0 Å². The van der Waals surface area contributed by atoms with Crippen molar-refractivity contribution >= 4 is 44.8 Å². The maximum Gasteiger partial charge on any atom is 0.273 e. The van der Waals surface area contributed by atoms with Gasteiger partial charge in [-0.3, -0.25) is 24.0 Å². The number of benzene rings is 4. The molecular formula is C39H43ClN4O7S. The molecule has 1 atom stereocenters. The number of nitro groups is 1. The summed E-state index contributed by atoms with van der Waals surface area (Å²) in [5, 5.41) is 15.2. The largest absolute Gasteiger partial charge is 0.495 e. The zero-order valence-corrected chi connectivity index (χ0v) is 31.0. The highest BCUT2D eigenvalue weighted by Gasteiger charge is 2.37. The summed E-state index contributed by atoms with van der Waals surface area (Å²) in [7, 11) is -3.32. The van der Waals surface area contributed by atoms with Crippen LogP contribution in [0, 0.1) is 24.0 Å². The summed E-state index contributed by atoms with van der Waals surface area (Å²) in [6, 6.07) is 23.8. The van der Waals surface area contributed by atoms with Gasteiger partial charge in [0.15, 0.2) is 0 Å². The first-order chi connectivity index (χ1) is 24.9. The zero-order valence-electron chi connectivity index (χ0n) is 29.5. The van der Waals surface area contributed by atoms with Gasteiger partial charge in [-0.2, -0.15) is 0 Å². The molecular weight excluding hydrogens is 704 g/mol. The lowest BCUT2D eigenvalue weighted by molar-refractivity contribution is -0.385. The number of carbonyl (C=O) groups excluding carboxylic acids is 2. The number of rotatable bonds is 14. The lowest BCUT2D eigenvalue weighted by atomic mass is 9.94. The van der Waals surface area contributed by atoms with Gasteiger partial charge < -0.3 is 15.0 Å². The van der Waals surface area contributed by atoms with Crippen LogP contribution in [-0.4, -0.2) is 55.8 Å². The van der Waals surface area contributed by atoms with Gasteiger partial charge in [0.1, 0.15) is 18.3 Å². The Bertz CT molecular complexity index is 2020. The molecule has 5 rings (SSSR count). The minimum Gasteiger partial charge on any atom is -0.495 e. The van der Waals surface area contributed by atoms with Gasteiger partial charge in [0, 0.05) is 35.7 Å².